The Labute approximate surface area is 294 Å². The molecule has 3 aromatic carbocycles. The number of rotatable bonds is 11. The van der Waals surface area contributed by atoms with E-state index in [9.17, 15) is 9.59 Å². The number of carbonyl (C=O) groups is 2. The van der Waals surface area contributed by atoms with E-state index in [4.69, 9.17) is 13.9 Å². The highest BCUT2D eigenvalue weighted by Crippen LogP contribution is 2.48. The molecule has 3 fully saturated rings. The van der Waals surface area contributed by atoms with E-state index >= 15 is 0 Å². The number of aryl methyl sites for hydroxylation is 1. The zero-order valence-corrected chi connectivity index (χ0v) is 31.4. The Hall–Kier alpha value is -3.02. The van der Waals surface area contributed by atoms with Crippen molar-refractivity contribution in [2.45, 2.75) is 108 Å². The Morgan fingerprint density at radius 2 is 1.60 bits per heavy atom. The third-order valence-electron chi connectivity index (χ3n) is 10.6. The summed E-state index contributed by atoms with van der Waals surface area (Å²) in [6.45, 7) is 11.8. The summed E-state index contributed by atoms with van der Waals surface area (Å²) in [7, 11) is 0.296. The second-order valence-electron chi connectivity index (χ2n) is 15.0. The van der Waals surface area contributed by atoms with E-state index in [0.29, 0.717) is 49.4 Å². The Balaban J connectivity index is 1.02. The predicted octanol–water partition coefficient (Wildman–Crippen LogP) is 8.76. The molecule has 2 bridgehead atoms. The van der Waals surface area contributed by atoms with Gasteiger partial charge in [0.2, 0.25) is 5.91 Å². The van der Waals surface area contributed by atoms with Crippen molar-refractivity contribution in [3.8, 4) is 11.1 Å². The maximum Gasteiger partial charge on any atom is 0.411 e. The number of halogens is 1. The Kier molecular flexibility index (Phi) is 10.2. The smallest absolute Gasteiger partial charge is 0.411 e. The Morgan fingerprint density at radius 3 is 2.27 bits per heavy atom. The molecule has 2 amide bonds. The summed E-state index contributed by atoms with van der Waals surface area (Å²) in [5.41, 5.74) is 5.56. The van der Waals surface area contributed by atoms with E-state index in [1.165, 1.54) is 0 Å². The van der Waals surface area contributed by atoms with Gasteiger partial charge in [-0.2, -0.15) is 0 Å². The summed E-state index contributed by atoms with van der Waals surface area (Å²) in [5, 5.41) is 6.22. The summed E-state index contributed by atoms with van der Waals surface area (Å²) in [6, 6.07) is 22.7. The van der Waals surface area contributed by atoms with Crippen LogP contribution < -0.4 is 10.6 Å². The van der Waals surface area contributed by atoms with Crippen LogP contribution >= 0.6 is 15.9 Å². The van der Waals surface area contributed by atoms with Gasteiger partial charge in [-0.15, -0.1) is 0 Å². The number of likely N-dealkylation sites (N-methyl/N-ethyl adjacent to an activating group) is 1. The summed E-state index contributed by atoms with van der Waals surface area (Å²) >= 11 is 3.63. The van der Waals surface area contributed by atoms with E-state index < -0.39 is 14.4 Å². The number of fused-ring (bicyclic) bond motifs is 5. The van der Waals surface area contributed by atoms with Gasteiger partial charge in [-0.05, 0) is 94.9 Å². The van der Waals surface area contributed by atoms with Gasteiger partial charge in [-0.3, -0.25) is 15.0 Å². The number of morpholine rings is 1. The minimum absolute atomic E-state index is 0.0310. The van der Waals surface area contributed by atoms with Crippen LogP contribution in [0.1, 0.15) is 57.6 Å². The number of piperidine rings is 1. The molecule has 2 N–H and O–H groups in total. The van der Waals surface area contributed by atoms with Crippen molar-refractivity contribution in [2.75, 3.05) is 17.7 Å². The highest BCUT2D eigenvalue weighted by Gasteiger charge is 2.62. The van der Waals surface area contributed by atoms with Gasteiger partial charge in [-0.25, -0.2) is 4.79 Å². The highest BCUT2D eigenvalue weighted by molar-refractivity contribution is 9.10. The van der Waals surface area contributed by atoms with E-state index in [0.717, 1.165) is 51.7 Å². The first kappa shape index (κ1) is 34.8. The van der Waals surface area contributed by atoms with Gasteiger partial charge in [0.1, 0.15) is 18.3 Å². The lowest BCUT2D eigenvalue weighted by Gasteiger charge is -2.37. The van der Waals surface area contributed by atoms with Crippen LogP contribution in [0.4, 0.5) is 16.2 Å². The topological polar surface area (TPSA) is 92.4 Å². The fourth-order valence-electron chi connectivity index (χ4n) is 6.70. The summed E-state index contributed by atoms with van der Waals surface area (Å²) in [5.74, 6) is -0.0310. The molecule has 0 aliphatic carbocycles. The number of nitrogens with one attached hydrogen (secondary N) is 2. The van der Waals surface area contributed by atoms with Crippen LogP contribution in [0.3, 0.4) is 0 Å². The molecule has 4 atom stereocenters. The van der Waals surface area contributed by atoms with E-state index in [1.54, 1.807) is 0 Å². The highest BCUT2D eigenvalue weighted by atomic mass is 79.9. The van der Waals surface area contributed by atoms with Crippen molar-refractivity contribution in [1.29, 1.82) is 0 Å². The van der Waals surface area contributed by atoms with E-state index in [2.05, 4.69) is 78.4 Å². The van der Waals surface area contributed by atoms with Gasteiger partial charge in [0.15, 0.2) is 8.32 Å². The van der Waals surface area contributed by atoms with Crippen LogP contribution in [-0.4, -0.2) is 62.7 Å². The lowest BCUT2D eigenvalue weighted by Crippen LogP contribution is -2.48. The quantitative estimate of drug-likeness (QED) is 0.151. The fraction of sp³-hybridized carbons (Fsp3) is 0.474. The third-order valence-corrected chi connectivity index (χ3v) is 15.8. The zero-order valence-electron chi connectivity index (χ0n) is 28.8. The molecule has 3 aliphatic heterocycles. The molecule has 3 aromatic rings. The van der Waals surface area contributed by atoms with Crippen molar-refractivity contribution >= 4 is 47.6 Å². The molecule has 3 saturated heterocycles. The lowest BCUT2D eigenvalue weighted by molar-refractivity contribution is -0.116. The summed E-state index contributed by atoms with van der Waals surface area (Å²) < 4.78 is 18.9. The van der Waals surface area contributed by atoms with Crippen molar-refractivity contribution in [1.82, 2.24) is 4.90 Å². The fourth-order valence-corrected chi connectivity index (χ4v) is 8.18. The van der Waals surface area contributed by atoms with Crippen molar-refractivity contribution in [3.63, 3.8) is 0 Å². The Morgan fingerprint density at radius 1 is 0.938 bits per heavy atom. The van der Waals surface area contributed by atoms with Crippen LogP contribution in [0.5, 0.6) is 0 Å². The Bertz CT molecular complexity index is 1630. The van der Waals surface area contributed by atoms with Crippen LogP contribution in [0.25, 0.3) is 11.1 Å². The number of hydrogen-bond acceptors (Lipinski definition) is 6. The average Bonchev–Trinajstić information content (AvgIpc) is 3.80. The van der Waals surface area contributed by atoms with Crippen LogP contribution in [0, 0.1) is 0 Å². The molecule has 0 aromatic heterocycles. The second-order valence-corrected chi connectivity index (χ2v) is 20.7. The van der Waals surface area contributed by atoms with Crippen molar-refractivity contribution in [3.05, 3.63) is 82.3 Å². The average molecular weight is 735 g/mol. The number of ether oxygens (including phenoxy) is 2. The first-order valence-electron chi connectivity index (χ1n) is 17.0. The summed E-state index contributed by atoms with van der Waals surface area (Å²) in [4.78, 5) is 28.4. The molecule has 10 heteroatoms. The van der Waals surface area contributed by atoms with Gasteiger partial charge in [0.25, 0.3) is 0 Å². The molecule has 48 heavy (non-hydrogen) atoms. The van der Waals surface area contributed by atoms with Crippen LogP contribution in [0.15, 0.2) is 71.2 Å². The predicted molar refractivity (Wildman–Crippen MR) is 197 cm³/mol. The van der Waals surface area contributed by atoms with Gasteiger partial charge in [-0.1, -0.05) is 63.2 Å². The molecule has 8 nitrogen and oxygen atoms in total. The third kappa shape index (κ3) is 7.89. The molecule has 0 radical (unpaired) electrons. The van der Waals surface area contributed by atoms with Gasteiger partial charge < -0.3 is 19.2 Å². The molecular weight excluding hydrogens is 686 g/mol. The zero-order chi connectivity index (χ0) is 34.2. The number of hydrogen-bond donors (Lipinski definition) is 2. The first-order chi connectivity index (χ1) is 22.8. The van der Waals surface area contributed by atoms with Crippen molar-refractivity contribution in [2.24, 2.45) is 0 Å². The minimum atomic E-state index is -1.85. The first-order valence-corrected chi connectivity index (χ1v) is 20.7. The van der Waals surface area contributed by atoms with Gasteiger partial charge >= 0.3 is 6.09 Å². The number of benzene rings is 3. The number of carbonyl (C=O) groups excluding carboxylic acids is 2. The van der Waals surface area contributed by atoms with Gasteiger partial charge in [0.05, 0.1) is 18.0 Å². The van der Waals surface area contributed by atoms with Crippen molar-refractivity contribution < 1.29 is 23.5 Å². The normalized spacial score (nSPS) is 23.4. The maximum atomic E-state index is 13.1. The van der Waals surface area contributed by atoms with Crippen LogP contribution in [-0.2, 0) is 31.7 Å². The second kappa shape index (κ2) is 14.1. The molecule has 3 aliphatic rings. The molecule has 3 heterocycles. The molecule has 4 unspecified atom stereocenters. The number of epoxide rings is 1. The van der Waals surface area contributed by atoms with E-state index in [1.807, 2.05) is 60.7 Å². The standard InChI is InChI=1S/C38H48BrN3O5Si/c1-38(2,3)48(5,6)45-23-25-16-18-31(29(39)20-25)40-34(43)14-10-11-24-15-17-30(28(19-24)26-12-8-7-9-13-26)41-37(44)46-27-21-32-35-36(47-35)33(22-27)42(32)4/h7-9,12-13,15-20,27,32-33,35-36H,10-11,14,21-23H2,1-6H3,(H,40,43)(H,41,44). The number of anilines is 2. The molecular formula is C38H48BrN3O5Si. The molecule has 0 spiro atoms. The maximum absolute atomic E-state index is 13.1. The number of nitrogens with zero attached hydrogens (tertiary/aromatic N) is 1. The SMILES string of the molecule is CN1C2CC(OC(=O)Nc3ccc(CCCC(=O)Nc4ccc(CO[Si](C)(C)C(C)(C)C)cc4Br)cc3-c3ccccc3)CC1C1OC12. The number of amides is 2. The van der Waals surface area contributed by atoms with Crippen LogP contribution in [0.2, 0.25) is 18.1 Å². The minimum Gasteiger partial charge on any atom is -0.446 e. The van der Waals surface area contributed by atoms with E-state index in [-0.39, 0.29) is 17.0 Å². The summed E-state index contributed by atoms with van der Waals surface area (Å²) in [6.07, 6.45) is 3.46. The largest absolute Gasteiger partial charge is 0.446 e. The molecule has 0 saturated carbocycles. The monoisotopic (exact) mass is 733 g/mol. The molecule has 6 rings (SSSR count). The molecule has 256 valence electrons. The lowest BCUT2D eigenvalue weighted by atomic mass is 9.98. The van der Waals surface area contributed by atoms with Gasteiger partial charge in [0, 0.05) is 41.4 Å².